The molecular formula is C19H22F3N5O. The van der Waals surface area contributed by atoms with E-state index in [0.29, 0.717) is 12.1 Å². The van der Waals surface area contributed by atoms with E-state index in [9.17, 15) is 18.0 Å². The van der Waals surface area contributed by atoms with Crippen molar-refractivity contribution >= 4 is 17.8 Å². The van der Waals surface area contributed by atoms with Gasteiger partial charge in [-0.2, -0.15) is 13.2 Å². The normalized spacial score (nSPS) is 17.8. The maximum atomic E-state index is 13.6. The fraction of sp³-hybridized carbons (Fsp3) is 0.421. The van der Waals surface area contributed by atoms with Crippen LogP contribution in [0.5, 0.6) is 0 Å². The van der Waals surface area contributed by atoms with Crippen molar-refractivity contribution in [2.75, 3.05) is 18.4 Å². The van der Waals surface area contributed by atoms with Crippen molar-refractivity contribution in [2.45, 2.75) is 38.9 Å². The van der Waals surface area contributed by atoms with Gasteiger partial charge in [-0.1, -0.05) is 12.2 Å². The summed E-state index contributed by atoms with van der Waals surface area (Å²) < 4.78 is 40.8. The molecule has 1 aliphatic rings. The Balaban J connectivity index is 2.09. The second-order valence-electron chi connectivity index (χ2n) is 6.69. The van der Waals surface area contributed by atoms with E-state index >= 15 is 0 Å². The highest BCUT2D eigenvalue weighted by atomic mass is 19.4. The number of allylic oxidation sites excluding steroid dienone is 1. The number of anilines is 1. The van der Waals surface area contributed by atoms with Crippen molar-refractivity contribution in [1.29, 1.82) is 0 Å². The molecule has 3 rings (SSSR count). The lowest BCUT2D eigenvalue weighted by molar-refractivity contribution is -0.137. The van der Waals surface area contributed by atoms with Gasteiger partial charge < -0.3 is 15.6 Å². The number of carbonyl (C=O) groups excluding carboxylic acids is 1. The molecule has 0 saturated carbocycles. The van der Waals surface area contributed by atoms with E-state index in [-0.39, 0.29) is 34.7 Å². The third-order valence-corrected chi connectivity index (χ3v) is 4.59. The number of Topliss-reactive ketones (excluding diaryl/α,β-unsaturated/α-hetero) is 1. The van der Waals surface area contributed by atoms with Crippen LogP contribution in [0, 0.1) is 0 Å². The second-order valence-corrected chi connectivity index (χ2v) is 6.69. The number of aromatic nitrogens is 3. The molecule has 0 bridgehead atoms. The largest absolute Gasteiger partial charge is 0.419 e. The number of piperidine rings is 1. The van der Waals surface area contributed by atoms with Crippen LogP contribution in [0.3, 0.4) is 0 Å². The first-order chi connectivity index (χ1) is 13.3. The van der Waals surface area contributed by atoms with Crippen LogP contribution in [0.1, 0.15) is 48.3 Å². The Morgan fingerprint density at radius 2 is 2.18 bits per heavy atom. The van der Waals surface area contributed by atoms with E-state index in [2.05, 4.69) is 25.6 Å². The molecule has 0 aromatic carbocycles. The molecule has 3 N–H and O–H groups in total. The van der Waals surface area contributed by atoms with E-state index in [0.717, 1.165) is 25.6 Å². The number of aromatic amines is 1. The first-order valence-electron chi connectivity index (χ1n) is 9.08. The van der Waals surface area contributed by atoms with Gasteiger partial charge in [0.15, 0.2) is 5.78 Å². The Morgan fingerprint density at radius 3 is 2.79 bits per heavy atom. The van der Waals surface area contributed by atoms with Crippen LogP contribution in [0.2, 0.25) is 0 Å². The lowest BCUT2D eigenvalue weighted by atomic mass is 10.0. The zero-order valence-electron chi connectivity index (χ0n) is 15.7. The van der Waals surface area contributed by atoms with Crippen LogP contribution in [-0.4, -0.2) is 39.9 Å². The lowest BCUT2D eigenvalue weighted by Crippen LogP contribution is -2.38. The molecule has 9 heteroatoms. The Morgan fingerprint density at radius 1 is 1.39 bits per heavy atom. The minimum absolute atomic E-state index is 0.0485. The number of rotatable bonds is 5. The van der Waals surface area contributed by atoms with Gasteiger partial charge in [0, 0.05) is 43.0 Å². The Labute approximate surface area is 160 Å². The summed E-state index contributed by atoms with van der Waals surface area (Å²) in [5.74, 6) is -0.137. The van der Waals surface area contributed by atoms with Gasteiger partial charge in [0.05, 0.1) is 11.4 Å². The van der Waals surface area contributed by atoms with Crippen LogP contribution in [-0.2, 0) is 6.18 Å². The molecule has 6 nitrogen and oxygen atoms in total. The smallest absolute Gasteiger partial charge is 0.358 e. The van der Waals surface area contributed by atoms with Crippen molar-refractivity contribution in [2.24, 2.45) is 0 Å². The zero-order valence-corrected chi connectivity index (χ0v) is 15.7. The number of ketones is 1. The molecule has 1 fully saturated rings. The molecule has 1 saturated heterocycles. The minimum Gasteiger partial charge on any atom is -0.358 e. The third-order valence-electron chi connectivity index (χ3n) is 4.59. The van der Waals surface area contributed by atoms with Gasteiger partial charge >= 0.3 is 6.18 Å². The summed E-state index contributed by atoms with van der Waals surface area (Å²) in [5.41, 5.74) is -0.372. The van der Waals surface area contributed by atoms with Gasteiger partial charge in [0.2, 0.25) is 5.95 Å². The summed E-state index contributed by atoms with van der Waals surface area (Å²) in [4.78, 5) is 22.7. The van der Waals surface area contributed by atoms with Crippen molar-refractivity contribution in [3.05, 3.63) is 35.3 Å². The monoisotopic (exact) mass is 393 g/mol. The molecule has 0 spiro atoms. The van der Waals surface area contributed by atoms with Crippen LogP contribution in [0.4, 0.5) is 19.1 Å². The maximum absolute atomic E-state index is 13.6. The van der Waals surface area contributed by atoms with E-state index in [1.54, 1.807) is 19.1 Å². The Kier molecular flexibility index (Phi) is 5.83. The fourth-order valence-corrected chi connectivity index (χ4v) is 3.28. The summed E-state index contributed by atoms with van der Waals surface area (Å²) >= 11 is 0. The van der Waals surface area contributed by atoms with Crippen molar-refractivity contribution in [3.8, 4) is 11.3 Å². The first kappa shape index (κ1) is 20.1. The predicted molar refractivity (Wildman–Crippen MR) is 101 cm³/mol. The summed E-state index contributed by atoms with van der Waals surface area (Å²) in [6.07, 6.45) is 2.67. The van der Waals surface area contributed by atoms with Gasteiger partial charge in [-0.25, -0.2) is 9.97 Å². The van der Waals surface area contributed by atoms with Crippen LogP contribution in [0.15, 0.2) is 18.5 Å². The van der Waals surface area contributed by atoms with E-state index in [4.69, 9.17) is 0 Å². The quantitative estimate of drug-likeness (QED) is 0.672. The first-order valence-corrected chi connectivity index (χ1v) is 9.08. The molecule has 2 aromatic heterocycles. The SMILES string of the molecule is C/C=C\c1c(-c2nc(NC3CCCNC3)ncc2C(F)(F)F)c[nH]c1C(C)=O. The number of nitrogens with zero attached hydrogens (tertiary/aromatic N) is 2. The van der Waals surface area contributed by atoms with E-state index in [1.165, 1.54) is 13.1 Å². The van der Waals surface area contributed by atoms with Gasteiger partial charge in [0.1, 0.15) is 5.56 Å². The molecule has 1 atom stereocenters. The fourth-order valence-electron chi connectivity index (χ4n) is 3.28. The standard InChI is InChI=1S/C19H22F3N5O/c1-3-5-13-14(9-24-16(13)11(2)28)17-15(19(20,21)22)10-25-18(27-17)26-12-6-4-7-23-8-12/h3,5,9-10,12,23-24H,4,6-8H2,1-2H3,(H,25,26,27)/b5-3-. The van der Waals surface area contributed by atoms with Crippen molar-refractivity contribution in [3.63, 3.8) is 0 Å². The Hall–Kier alpha value is -2.68. The zero-order chi connectivity index (χ0) is 20.3. The summed E-state index contributed by atoms with van der Waals surface area (Å²) in [5, 5.41) is 6.33. The maximum Gasteiger partial charge on any atom is 0.419 e. The predicted octanol–water partition coefficient (Wildman–Crippen LogP) is 3.89. The van der Waals surface area contributed by atoms with Gasteiger partial charge in [-0.3, -0.25) is 4.79 Å². The van der Waals surface area contributed by atoms with E-state index < -0.39 is 11.7 Å². The molecule has 0 amide bonds. The molecule has 150 valence electrons. The van der Waals surface area contributed by atoms with Crippen molar-refractivity contribution in [1.82, 2.24) is 20.3 Å². The van der Waals surface area contributed by atoms with Gasteiger partial charge in [-0.05, 0) is 26.3 Å². The summed E-state index contributed by atoms with van der Waals surface area (Å²) in [7, 11) is 0. The molecule has 3 heterocycles. The third kappa shape index (κ3) is 4.24. The highest BCUT2D eigenvalue weighted by molar-refractivity contribution is 5.99. The highest BCUT2D eigenvalue weighted by Crippen LogP contribution is 2.38. The topological polar surface area (TPSA) is 82.7 Å². The lowest BCUT2D eigenvalue weighted by Gasteiger charge is -2.24. The summed E-state index contributed by atoms with van der Waals surface area (Å²) in [6.45, 7) is 4.70. The molecule has 1 unspecified atom stereocenters. The second kappa shape index (κ2) is 8.14. The molecule has 0 aliphatic carbocycles. The van der Waals surface area contributed by atoms with Crippen molar-refractivity contribution < 1.29 is 18.0 Å². The van der Waals surface area contributed by atoms with E-state index in [1.807, 2.05) is 0 Å². The van der Waals surface area contributed by atoms with Crippen LogP contribution in [0.25, 0.3) is 17.3 Å². The number of alkyl halides is 3. The van der Waals surface area contributed by atoms with Gasteiger partial charge in [0.25, 0.3) is 0 Å². The number of carbonyl (C=O) groups is 1. The molecule has 2 aromatic rings. The number of nitrogens with one attached hydrogen (secondary N) is 3. The minimum atomic E-state index is -4.62. The molecular weight excluding hydrogens is 371 g/mol. The summed E-state index contributed by atoms with van der Waals surface area (Å²) in [6, 6.07) is 0.0485. The molecule has 28 heavy (non-hydrogen) atoms. The average molecular weight is 393 g/mol. The number of hydrogen-bond acceptors (Lipinski definition) is 5. The number of hydrogen-bond donors (Lipinski definition) is 3. The average Bonchev–Trinajstić information content (AvgIpc) is 3.06. The Bertz CT molecular complexity index is 882. The highest BCUT2D eigenvalue weighted by Gasteiger charge is 2.36. The number of halogens is 3. The van der Waals surface area contributed by atoms with Crippen LogP contribution >= 0.6 is 0 Å². The van der Waals surface area contributed by atoms with Gasteiger partial charge in [-0.15, -0.1) is 0 Å². The molecule has 0 radical (unpaired) electrons. The van der Waals surface area contributed by atoms with Crippen LogP contribution < -0.4 is 10.6 Å². The molecule has 1 aliphatic heterocycles. The number of H-pyrrole nitrogens is 1.